The van der Waals surface area contributed by atoms with Crippen molar-refractivity contribution in [3.63, 3.8) is 0 Å². The molecule has 1 aromatic carbocycles. The number of carbonyl (C=O) groups is 1. The van der Waals surface area contributed by atoms with Crippen LogP contribution in [0.2, 0.25) is 0 Å². The van der Waals surface area contributed by atoms with Crippen molar-refractivity contribution in [1.29, 1.82) is 0 Å². The highest BCUT2D eigenvalue weighted by atomic mass is 19.1. The molecular weight excluding hydrogens is 357 g/mol. The number of nitrogens with zero attached hydrogens (tertiary/aromatic N) is 3. The van der Waals surface area contributed by atoms with E-state index in [1.807, 2.05) is 6.07 Å². The second kappa shape index (κ2) is 7.17. The van der Waals surface area contributed by atoms with Crippen LogP contribution in [0, 0.1) is 11.7 Å². The van der Waals surface area contributed by atoms with E-state index >= 15 is 0 Å². The Balaban J connectivity index is 1.43. The third-order valence-corrected chi connectivity index (χ3v) is 6.39. The second-order valence-corrected chi connectivity index (χ2v) is 8.01. The first kappa shape index (κ1) is 17.6. The van der Waals surface area contributed by atoms with E-state index in [9.17, 15) is 9.18 Å². The molecule has 1 unspecified atom stereocenters. The maximum absolute atomic E-state index is 13.5. The monoisotopic (exact) mass is 381 g/mol. The highest BCUT2D eigenvalue weighted by molar-refractivity contribution is 5.70. The van der Waals surface area contributed by atoms with Gasteiger partial charge in [-0.15, -0.1) is 0 Å². The van der Waals surface area contributed by atoms with Gasteiger partial charge < -0.3 is 4.74 Å². The molecule has 3 saturated heterocycles. The number of amides is 1. The molecule has 28 heavy (non-hydrogen) atoms. The van der Waals surface area contributed by atoms with Gasteiger partial charge in [-0.3, -0.25) is 14.8 Å². The average molecular weight is 381 g/mol. The molecule has 1 amide bonds. The number of fused-ring (bicyclic) bond motifs is 4. The van der Waals surface area contributed by atoms with Crippen LogP contribution in [0.1, 0.15) is 35.7 Å². The molecule has 6 rings (SSSR count). The first-order chi connectivity index (χ1) is 13.7. The first-order valence-corrected chi connectivity index (χ1v) is 10.1. The fourth-order valence-corrected chi connectivity index (χ4v) is 4.85. The Morgan fingerprint density at radius 3 is 2.61 bits per heavy atom. The number of aromatic nitrogens is 1. The number of hydrogen-bond acceptors (Lipinski definition) is 4. The van der Waals surface area contributed by atoms with E-state index in [-0.39, 0.29) is 24.1 Å². The Morgan fingerprint density at radius 1 is 1.11 bits per heavy atom. The summed E-state index contributed by atoms with van der Waals surface area (Å²) < 4.78 is 19.5. The Bertz CT molecular complexity index is 864. The molecule has 5 heterocycles. The molecule has 0 aliphatic carbocycles. The SMILES string of the molecule is O=C(O[C@@H]1CN2CCC1CC2)N1CCc2cccnc2C1c1ccc(F)cc1. The van der Waals surface area contributed by atoms with Crippen molar-refractivity contribution in [3.8, 4) is 0 Å². The lowest BCUT2D eigenvalue weighted by molar-refractivity contribution is -0.0464. The number of pyridine rings is 1. The summed E-state index contributed by atoms with van der Waals surface area (Å²) in [5.74, 6) is 0.177. The summed E-state index contributed by atoms with van der Waals surface area (Å²) in [7, 11) is 0. The third-order valence-electron chi connectivity index (χ3n) is 6.39. The van der Waals surface area contributed by atoms with Crippen LogP contribution in [0.4, 0.5) is 9.18 Å². The van der Waals surface area contributed by atoms with Gasteiger partial charge in [0.05, 0.1) is 5.69 Å². The molecular formula is C22H24FN3O2. The number of hydrogen-bond donors (Lipinski definition) is 0. The number of benzene rings is 1. The summed E-state index contributed by atoms with van der Waals surface area (Å²) in [6.07, 6.45) is 4.37. The van der Waals surface area contributed by atoms with E-state index in [4.69, 9.17) is 4.74 Å². The van der Waals surface area contributed by atoms with Crippen LogP contribution in [0.15, 0.2) is 42.6 Å². The van der Waals surface area contributed by atoms with Crippen molar-refractivity contribution >= 4 is 6.09 Å². The summed E-state index contributed by atoms with van der Waals surface area (Å²) >= 11 is 0. The van der Waals surface area contributed by atoms with Gasteiger partial charge in [-0.1, -0.05) is 18.2 Å². The lowest BCUT2D eigenvalue weighted by Gasteiger charge is -2.45. The minimum Gasteiger partial charge on any atom is -0.444 e. The Kier molecular flexibility index (Phi) is 4.51. The minimum absolute atomic E-state index is 0.0333. The van der Waals surface area contributed by atoms with E-state index in [0.717, 1.165) is 55.7 Å². The van der Waals surface area contributed by atoms with Gasteiger partial charge >= 0.3 is 6.09 Å². The highest BCUT2D eigenvalue weighted by Crippen LogP contribution is 2.36. The van der Waals surface area contributed by atoms with Crippen molar-refractivity contribution in [2.24, 2.45) is 5.92 Å². The van der Waals surface area contributed by atoms with Gasteiger partial charge in [-0.05, 0) is 67.6 Å². The van der Waals surface area contributed by atoms with Gasteiger partial charge in [-0.25, -0.2) is 9.18 Å². The zero-order chi connectivity index (χ0) is 19.1. The maximum Gasteiger partial charge on any atom is 0.410 e. The molecule has 0 saturated carbocycles. The Labute approximate surface area is 164 Å². The Morgan fingerprint density at radius 2 is 1.89 bits per heavy atom. The topological polar surface area (TPSA) is 45.7 Å². The molecule has 146 valence electrons. The number of piperidine rings is 3. The van der Waals surface area contributed by atoms with Crippen LogP contribution in [0.25, 0.3) is 0 Å². The smallest absolute Gasteiger partial charge is 0.410 e. The van der Waals surface area contributed by atoms with Crippen molar-refractivity contribution in [1.82, 2.24) is 14.8 Å². The van der Waals surface area contributed by atoms with E-state index < -0.39 is 0 Å². The zero-order valence-electron chi connectivity index (χ0n) is 15.8. The van der Waals surface area contributed by atoms with Crippen LogP contribution in [0.3, 0.4) is 0 Å². The van der Waals surface area contributed by atoms with Gasteiger partial charge in [0, 0.05) is 19.3 Å². The summed E-state index contributed by atoms with van der Waals surface area (Å²) in [6, 6.07) is 9.96. The maximum atomic E-state index is 13.5. The van der Waals surface area contributed by atoms with Crippen LogP contribution in [0.5, 0.6) is 0 Å². The largest absolute Gasteiger partial charge is 0.444 e. The lowest BCUT2D eigenvalue weighted by atomic mass is 9.86. The fourth-order valence-electron chi connectivity index (χ4n) is 4.85. The standard InChI is InChI=1S/C22H24FN3O2/c23-18-5-3-17(4-6-18)21-20-16(2-1-10-24-20)9-13-26(21)22(27)28-19-14-25-11-7-15(19)8-12-25/h1-6,10,15,19,21H,7-9,11-14H2/t19-,21?/m1/s1. The first-order valence-electron chi connectivity index (χ1n) is 10.1. The molecule has 4 aliphatic heterocycles. The lowest BCUT2D eigenvalue weighted by Crippen LogP contribution is -2.53. The van der Waals surface area contributed by atoms with Crippen LogP contribution in [-0.2, 0) is 11.2 Å². The molecule has 0 spiro atoms. The summed E-state index contributed by atoms with van der Waals surface area (Å²) in [4.78, 5) is 21.9. The molecule has 6 heteroatoms. The van der Waals surface area contributed by atoms with Crippen molar-refractivity contribution < 1.29 is 13.9 Å². The highest BCUT2D eigenvalue weighted by Gasteiger charge is 2.40. The molecule has 3 fully saturated rings. The van der Waals surface area contributed by atoms with Crippen LogP contribution in [-0.4, -0.2) is 53.2 Å². The van der Waals surface area contributed by atoms with Gasteiger partial charge in [0.2, 0.25) is 0 Å². The Hall–Kier alpha value is -2.47. The summed E-state index contributed by atoms with van der Waals surface area (Å²) in [5.41, 5.74) is 2.84. The molecule has 5 nitrogen and oxygen atoms in total. The molecule has 2 aromatic rings. The van der Waals surface area contributed by atoms with Crippen LogP contribution < -0.4 is 0 Å². The summed E-state index contributed by atoms with van der Waals surface area (Å²) in [5, 5.41) is 0. The van der Waals surface area contributed by atoms with E-state index in [1.165, 1.54) is 12.1 Å². The minimum atomic E-state index is -0.348. The second-order valence-electron chi connectivity index (χ2n) is 8.01. The molecule has 1 aromatic heterocycles. The predicted molar refractivity (Wildman–Crippen MR) is 102 cm³/mol. The summed E-state index contributed by atoms with van der Waals surface area (Å²) in [6.45, 7) is 3.62. The third kappa shape index (κ3) is 3.15. The van der Waals surface area contributed by atoms with Gasteiger partial charge in [0.15, 0.2) is 0 Å². The number of ether oxygens (including phenoxy) is 1. The van der Waals surface area contributed by atoms with Gasteiger partial charge in [-0.2, -0.15) is 0 Å². The van der Waals surface area contributed by atoms with Crippen LogP contribution >= 0.6 is 0 Å². The predicted octanol–water partition coefficient (Wildman–Crippen LogP) is 3.40. The number of carbonyl (C=O) groups excluding carboxylic acids is 1. The van der Waals surface area contributed by atoms with E-state index in [1.54, 1.807) is 23.2 Å². The van der Waals surface area contributed by atoms with E-state index in [0.29, 0.717) is 12.5 Å². The normalized spacial score (nSPS) is 28.7. The van der Waals surface area contributed by atoms with Gasteiger partial charge in [0.25, 0.3) is 0 Å². The van der Waals surface area contributed by atoms with Crippen molar-refractivity contribution in [3.05, 3.63) is 65.2 Å². The fraction of sp³-hybridized carbons (Fsp3) is 0.455. The number of halogens is 1. The number of rotatable bonds is 2. The molecule has 2 atom stereocenters. The average Bonchev–Trinajstić information content (AvgIpc) is 2.74. The molecule has 2 bridgehead atoms. The van der Waals surface area contributed by atoms with Crippen molar-refractivity contribution in [2.75, 3.05) is 26.2 Å². The molecule has 0 N–H and O–H groups in total. The molecule has 0 radical (unpaired) electrons. The van der Waals surface area contributed by atoms with E-state index in [2.05, 4.69) is 16.0 Å². The van der Waals surface area contributed by atoms with Gasteiger partial charge in [0.1, 0.15) is 18.0 Å². The van der Waals surface area contributed by atoms with Crippen molar-refractivity contribution in [2.45, 2.75) is 31.4 Å². The zero-order valence-corrected chi connectivity index (χ0v) is 15.8. The quantitative estimate of drug-likeness (QED) is 0.800. The molecule has 4 aliphatic rings.